The van der Waals surface area contributed by atoms with Gasteiger partial charge in [-0.1, -0.05) is 23.7 Å². The van der Waals surface area contributed by atoms with E-state index in [4.69, 9.17) is 11.6 Å². The Morgan fingerprint density at radius 2 is 1.76 bits per heavy atom. The molecule has 0 saturated heterocycles. The van der Waals surface area contributed by atoms with E-state index in [0.717, 1.165) is 17.5 Å². The van der Waals surface area contributed by atoms with Crippen molar-refractivity contribution in [2.75, 3.05) is 10.7 Å². The van der Waals surface area contributed by atoms with Crippen LogP contribution in [0.4, 0.5) is 23.0 Å². The highest BCUT2D eigenvalue weighted by Gasteiger charge is 2.24. The van der Waals surface area contributed by atoms with Crippen LogP contribution in [0.15, 0.2) is 48.8 Å². The lowest BCUT2D eigenvalue weighted by atomic mass is 10.1. The van der Waals surface area contributed by atoms with Gasteiger partial charge in [0.15, 0.2) is 0 Å². The maximum absolute atomic E-state index is 12.2. The monoisotopic (exact) mass is 412 g/mol. The second-order valence-electron chi connectivity index (χ2n) is 6.27. The minimum absolute atomic E-state index is 0.00509. The molecule has 0 aliphatic heterocycles. The number of carbonyl (C=O) groups is 1. The lowest BCUT2D eigenvalue weighted by molar-refractivity contribution is -0.383. The van der Waals surface area contributed by atoms with Gasteiger partial charge < -0.3 is 5.32 Å². The summed E-state index contributed by atoms with van der Waals surface area (Å²) in [5.41, 5.74) is 7.39. The molecule has 0 spiro atoms. The molecule has 3 rings (SSSR count). The summed E-state index contributed by atoms with van der Waals surface area (Å²) in [6, 6.07) is 11.9. The van der Waals surface area contributed by atoms with Crippen LogP contribution in [0.25, 0.3) is 0 Å². The summed E-state index contributed by atoms with van der Waals surface area (Å²) in [4.78, 5) is 31.1. The lowest BCUT2D eigenvalue weighted by Crippen LogP contribution is -2.30. The Hall–Kier alpha value is -3.72. The first-order chi connectivity index (χ1) is 13.8. The van der Waals surface area contributed by atoms with Crippen LogP contribution in [0.5, 0.6) is 0 Å². The van der Waals surface area contributed by atoms with E-state index in [1.807, 2.05) is 32.0 Å². The van der Waals surface area contributed by atoms with Gasteiger partial charge in [0.05, 0.1) is 4.92 Å². The minimum Gasteiger partial charge on any atom is -0.334 e. The van der Waals surface area contributed by atoms with Crippen molar-refractivity contribution in [3.63, 3.8) is 0 Å². The number of anilines is 3. The molecular weight excluding hydrogens is 396 g/mol. The molecule has 3 N–H and O–H groups in total. The van der Waals surface area contributed by atoms with Crippen molar-refractivity contribution in [3.05, 3.63) is 80.6 Å². The van der Waals surface area contributed by atoms with Crippen molar-refractivity contribution in [2.45, 2.75) is 13.8 Å². The number of hydrogen-bond acceptors (Lipinski definition) is 7. The van der Waals surface area contributed by atoms with E-state index >= 15 is 0 Å². The summed E-state index contributed by atoms with van der Waals surface area (Å²) in [5, 5.41) is 15.0. The SMILES string of the molecule is Cc1cc(C)cc(Nc2ncnc(NNC(=O)c3cccc(Cl)c3)c2[N+](=O)[O-])c1. The molecule has 1 amide bonds. The Morgan fingerprint density at radius 3 is 2.41 bits per heavy atom. The molecule has 0 fully saturated rings. The van der Waals surface area contributed by atoms with E-state index in [0.29, 0.717) is 10.7 Å². The normalized spacial score (nSPS) is 10.3. The number of nitrogens with one attached hydrogen (secondary N) is 3. The van der Waals surface area contributed by atoms with E-state index in [-0.39, 0.29) is 17.2 Å². The lowest BCUT2D eigenvalue weighted by Gasteiger charge is -2.12. The van der Waals surface area contributed by atoms with Crippen molar-refractivity contribution in [1.82, 2.24) is 15.4 Å². The number of carbonyl (C=O) groups excluding carboxylic acids is 1. The first-order valence-corrected chi connectivity index (χ1v) is 8.88. The molecule has 0 unspecified atom stereocenters. The Balaban J connectivity index is 1.85. The van der Waals surface area contributed by atoms with E-state index in [1.54, 1.807) is 18.2 Å². The number of halogens is 1. The molecule has 0 radical (unpaired) electrons. The number of benzene rings is 2. The van der Waals surface area contributed by atoms with E-state index in [9.17, 15) is 14.9 Å². The molecule has 1 heterocycles. The second-order valence-corrected chi connectivity index (χ2v) is 6.70. The number of nitrogens with zero attached hydrogens (tertiary/aromatic N) is 3. The number of rotatable bonds is 6. The fraction of sp³-hybridized carbons (Fsp3) is 0.105. The molecule has 2 aromatic carbocycles. The Kier molecular flexibility index (Phi) is 5.89. The molecule has 148 valence electrons. The van der Waals surface area contributed by atoms with Gasteiger partial charge in [-0.15, -0.1) is 0 Å². The van der Waals surface area contributed by atoms with Crippen LogP contribution in [0, 0.1) is 24.0 Å². The van der Waals surface area contributed by atoms with Gasteiger partial charge in [-0.2, -0.15) is 0 Å². The molecule has 0 atom stereocenters. The molecule has 0 aliphatic carbocycles. The fourth-order valence-corrected chi connectivity index (χ4v) is 2.93. The van der Waals surface area contributed by atoms with Crippen molar-refractivity contribution in [3.8, 4) is 0 Å². The van der Waals surface area contributed by atoms with Crippen LogP contribution < -0.4 is 16.2 Å². The first-order valence-electron chi connectivity index (χ1n) is 8.50. The molecular formula is C19H17ClN6O3. The summed E-state index contributed by atoms with van der Waals surface area (Å²) >= 11 is 5.87. The first kappa shape index (κ1) is 20.0. The predicted octanol–water partition coefficient (Wildman–Crippen LogP) is 4.16. The highest BCUT2D eigenvalue weighted by molar-refractivity contribution is 6.30. The van der Waals surface area contributed by atoms with Crippen LogP contribution in [-0.2, 0) is 0 Å². The molecule has 9 nitrogen and oxygen atoms in total. The maximum Gasteiger partial charge on any atom is 0.355 e. The van der Waals surface area contributed by atoms with Gasteiger partial charge in [0.1, 0.15) is 6.33 Å². The molecule has 1 aromatic heterocycles. The highest BCUT2D eigenvalue weighted by atomic mass is 35.5. The third-order valence-electron chi connectivity index (χ3n) is 3.87. The standard InChI is InChI=1S/C19H17ClN6O3/c1-11-6-12(2)8-15(7-11)23-17-16(26(28)29)18(22-10-21-17)24-25-19(27)13-4-3-5-14(20)9-13/h3-10H,1-2H3,(H,25,27)(H2,21,22,23,24). The van der Waals surface area contributed by atoms with Crippen LogP contribution >= 0.6 is 11.6 Å². The summed E-state index contributed by atoms with van der Waals surface area (Å²) in [7, 11) is 0. The van der Waals surface area contributed by atoms with Crippen LogP contribution in [0.2, 0.25) is 5.02 Å². The Bertz CT molecular complexity index is 1070. The number of aryl methyl sites for hydroxylation is 2. The minimum atomic E-state index is -0.626. The van der Waals surface area contributed by atoms with E-state index in [2.05, 4.69) is 26.1 Å². The van der Waals surface area contributed by atoms with E-state index in [1.165, 1.54) is 6.07 Å². The molecule has 3 aromatic rings. The number of hydrazine groups is 1. The van der Waals surface area contributed by atoms with Crippen LogP contribution in [0.1, 0.15) is 21.5 Å². The van der Waals surface area contributed by atoms with Gasteiger partial charge in [0.25, 0.3) is 5.91 Å². The van der Waals surface area contributed by atoms with Crippen molar-refractivity contribution >= 4 is 40.5 Å². The average molecular weight is 413 g/mol. The summed E-state index contributed by atoms with van der Waals surface area (Å²) in [5.74, 6) is -0.689. The van der Waals surface area contributed by atoms with Gasteiger partial charge in [-0.25, -0.2) is 9.97 Å². The molecule has 10 heteroatoms. The molecule has 0 bridgehead atoms. The smallest absolute Gasteiger partial charge is 0.334 e. The molecule has 29 heavy (non-hydrogen) atoms. The van der Waals surface area contributed by atoms with Gasteiger partial charge in [-0.05, 0) is 55.3 Å². The van der Waals surface area contributed by atoms with Crippen molar-refractivity contribution in [2.24, 2.45) is 0 Å². The number of aromatic nitrogens is 2. The third kappa shape index (κ3) is 4.96. The topological polar surface area (TPSA) is 122 Å². The van der Waals surface area contributed by atoms with Crippen molar-refractivity contribution in [1.29, 1.82) is 0 Å². The quantitative estimate of drug-likeness (QED) is 0.410. The zero-order chi connectivity index (χ0) is 21.0. The zero-order valence-electron chi connectivity index (χ0n) is 15.6. The summed E-state index contributed by atoms with van der Waals surface area (Å²) in [6.07, 6.45) is 1.16. The average Bonchev–Trinajstić information content (AvgIpc) is 2.65. The van der Waals surface area contributed by atoms with Gasteiger partial charge in [0, 0.05) is 16.3 Å². The van der Waals surface area contributed by atoms with Crippen LogP contribution in [-0.4, -0.2) is 20.8 Å². The largest absolute Gasteiger partial charge is 0.355 e. The second kappa shape index (κ2) is 8.53. The van der Waals surface area contributed by atoms with Crippen LogP contribution in [0.3, 0.4) is 0 Å². The van der Waals surface area contributed by atoms with Crippen molar-refractivity contribution < 1.29 is 9.72 Å². The van der Waals surface area contributed by atoms with Gasteiger partial charge in [0.2, 0.25) is 11.6 Å². The Morgan fingerprint density at radius 1 is 1.07 bits per heavy atom. The fourth-order valence-electron chi connectivity index (χ4n) is 2.74. The maximum atomic E-state index is 12.2. The third-order valence-corrected chi connectivity index (χ3v) is 4.11. The zero-order valence-corrected chi connectivity index (χ0v) is 16.3. The molecule has 0 aliphatic rings. The molecule has 0 saturated carbocycles. The van der Waals surface area contributed by atoms with Gasteiger partial charge in [-0.3, -0.25) is 25.8 Å². The highest BCUT2D eigenvalue weighted by Crippen LogP contribution is 2.31. The Labute approximate surface area is 171 Å². The van der Waals surface area contributed by atoms with Gasteiger partial charge >= 0.3 is 5.69 Å². The number of nitro groups is 1. The number of hydrogen-bond donors (Lipinski definition) is 3. The number of amides is 1. The van der Waals surface area contributed by atoms with E-state index < -0.39 is 16.5 Å². The summed E-state index contributed by atoms with van der Waals surface area (Å²) < 4.78 is 0. The summed E-state index contributed by atoms with van der Waals surface area (Å²) in [6.45, 7) is 3.84. The predicted molar refractivity (Wildman–Crippen MR) is 110 cm³/mol.